The lowest BCUT2D eigenvalue weighted by atomic mass is 10.1. The number of pyridine rings is 1. The van der Waals surface area contributed by atoms with Crippen LogP contribution in [0.1, 0.15) is 11.3 Å². The van der Waals surface area contributed by atoms with Crippen LogP contribution in [0, 0.1) is 0 Å². The van der Waals surface area contributed by atoms with Crippen molar-refractivity contribution >= 4 is 34.0 Å². The van der Waals surface area contributed by atoms with Gasteiger partial charge in [0.25, 0.3) is 5.56 Å². The van der Waals surface area contributed by atoms with Gasteiger partial charge in [0.2, 0.25) is 0 Å². The van der Waals surface area contributed by atoms with E-state index in [9.17, 15) is 4.79 Å². The topological polar surface area (TPSA) is 61.5 Å². The molecule has 0 fully saturated rings. The largest absolute Gasteiger partial charge is 0.321 e. The smallest absolute Gasteiger partial charge is 0.260 e. The zero-order valence-electron chi connectivity index (χ0n) is 11.7. The Bertz CT molecular complexity index is 1040. The van der Waals surface area contributed by atoms with Crippen molar-refractivity contribution in [3.8, 4) is 0 Å². The fourth-order valence-electron chi connectivity index (χ4n) is 2.63. The van der Waals surface area contributed by atoms with E-state index in [0.717, 1.165) is 16.5 Å². The summed E-state index contributed by atoms with van der Waals surface area (Å²) in [6, 6.07) is 17.6. The number of fused-ring (bicyclic) bond motifs is 3. The van der Waals surface area contributed by atoms with E-state index >= 15 is 0 Å². The van der Waals surface area contributed by atoms with Gasteiger partial charge in [-0.05, 0) is 17.7 Å². The van der Waals surface area contributed by atoms with E-state index in [-0.39, 0.29) is 5.56 Å². The summed E-state index contributed by atoms with van der Waals surface area (Å²) in [7, 11) is 0. The molecule has 2 N–H and O–H groups in total. The van der Waals surface area contributed by atoms with Crippen LogP contribution in [-0.4, -0.2) is 15.2 Å². The van der Waals surface area contributed by atoms with Crippen LogP contribution in [-0.2, 0) is 0 Å². The van der Waals surface area contributed by atoms with E-state index in [2.05, 4.69) is 15.2 Å². The number of aromatic nitrogens is 3. The summed E-state index contributed by atoms with van der Waals surface area (Å²) in [5.41, 5.74) is 3.15. The first kappa shape index (κ1) is 12.6. The van der Waals surface area contributed by atoms with Crippen LogP contribution >= 0.6 is 0 Å². The minimum absolute atomic E-state index is 0.129. The summed E-state index contributed by atoms with van der Waals surface area (Å²) < 4.78 is 0. The predicted octanol–water partition coefficient (Wildman–Crippen LogP) is 3.57. The zero-order valence-corrected chi connectivity index (χ0v) is 11.7. The highest BCUT2D eigenvalue weighted by Gasteiger charge is 2.11. The minimum atomic E-state index is -0.129. The molecule has 0 bridgehead atoms. The predicted molar refractivity (Wildman–Crippen MR) is 89.6 cm³/mol. The molecule has 0 saturated carbocycles. The maximum Gasteiger partial charge on any atom is 0.260 e. The average Bonchev–Trinajstić information content (AvgIpc) is 2.99. The Labute approximate surface area is 126 Å². The molecule has 0 amide bonds. The van der Waals surface area contributed by atoms with Crippen molar-refractivity contribution in [2.75, 3.05) is 0 Å². The van der Waals surface area contributed by atoms with Crippen molar-refractivity contribution in [1.29, 1.82) is 0 Å². The van der Waals surface area contributed by atoms with Crippen LogP contribution in [0.2, 0.25) is 0 Å². The number of rotatable bonds is 2. The normalized spacial score (nSPS) is 11.6. The number of H-pyrrole nitrogens is 2. The van der Waals surface area contributed by atoms with Gasteiger partial charge in [0, 0.05) is 5.39 Å². The molecule has 22 heavy (non-hydrogen) atoms. The average molecular weight is 287 g/mol. The molecule has 106 valence electrons. The van der Waals surface area contributed by atoms with Gasteiger partial charge < -0.3 is 4.98 Å². The van der Waals surface area contributed by atoms with Gasteiger partial charge in [0.1, 0.15) is 5.52 Å². The van der Waals surface area contributed by atoms with Crippen molar-refractivity contribution < 1.29 is 0 Å². The van der Waals surface area contributed by atoms with Crippen LogP contribution in [0.15, 0.2) is 59.4 Å². The lowest BCUT2D eigenvalue weighted by Crippen LogP contribution is -2.06. The first-order valence-electron chi connectivity index (χ1n) is 7.05. The van der Waals surface area contributed by atoms with E-state index in [4.69, 9.17) is 0 Å². The number of para-hydroxylation sites is 1. The third-order valence-electron chi connectivity index (χ3n) is 3.69. The first-order chi connectivity index (χ1) is 10.8. The van der Waals surface area contributed by atoms with Crippen LogP contribution in [0.5, 0.6) is 0 Å². The van der Waals surface area contributed by atoms with Gasteiger partial charge in [-0.1, -0.05) is 54.6 Å². The Hall–Kier alpha value is -3.14. The van der Waals surface area contributed by atoms with Crippen molar-refractivity contribution in [1.82, 2.24) is 15.2 Å². The number of benzene rings is 2. The van der Waals surface area contributed by atoms with Crippen LogP contribution < -0.4 is 5.56 Å². The minimum Gasteiger partial charge on any atom is -0.321 e. The van der Waals surface area contributed by atoms with Crippen LogP contribution in [0.4, 0.5) is 0 Å². The summed E-state index contributed by atoms with van der Waals surface area (Å²) in [6.45, 7) is 0. The van der Waals surface area contributed by atoms with Crippen molar-refractivity contribution in [3.05, 3.63) is 76.2 Å². The Kier molecular flexibility index (Phi) is 2.86. The summed E-state index contributed by atoms with van der Waals surface area (Å²) in [5.74, 6) is 0. The number of nitrogens with zero attached hydrogens (tertiary/aromatic N) is 1. The number of hydrogen-bond acceptors (Lipinski definition) is 2. The van der Waals surface area contributed by atoms with Gasteiger partial charge in [-0.25, -0.2) is 0 Å². The Morgan fingerprint density at radius 2 is 1.68 bits per heavy atom. The van der Waals surface area contributed by atoms with Gasteiger partial charge in [0.05, 0.1) is 16.6 Å². The second-order valence-corrected chi connectivity index (χ2v) is 5.10. The molecule has 0 aliphatic rings. The van der Waals surface area contributed by atoms with Gasteiger partial charge in [-0.15, -0.1) is 0 Å². The fourth-order valence-corrected chi connectivity index (χ4v) is 2.63. The summed E-state index contributed by atoms with van der Waals surface area (Å²) >= 11 is 0. The molecule has 2 aromatic carbocycles. The number of hydrogen-bond donors (Lipinski definition) is 2. The Morgan fingerprint density at radius 3 is 2.55 bits per heavy atom. The molecule has 2 aromatic heterocycles. The summed E-state index contributed by atoms with van der Waals surface area (Å²) in [5, 5.41) is 8.81. The van der Waals surface area contributed by atoms with E-state index in [0.29, 0.717) is 16.6 Å². The molecule has 0 spiro atoms. The Balaban J connectivity index is 1.91. The second-order valence-electron chi connectivity index (χ2n) is 5.10. The highest BCUT2D eigenvalue weighted by Crippen LogP contribution is 2.22. The monoisotopic (exact) mass is 287 g/mol. The highest BCUT2D eigenvalue weighted by molar-refractivity contribution is 6.05. The third-order valence-corrected chi connectivity index (χ3v) is 3.69. The summed E-state index contributed by atoms with van der Waals surface area (Å²) in [4.78, 5) is 15.2. The molecule has 0 aliphatic carbocycles. The van der Waals surface area contributed by atoms with E-state index in [1.165, 1.54) is 0 Å². The lowest BCUT2D eigenvalue weighted by molar-refractivity contribution is 1.11. The van der Waals surface area contributed by atoms with Crippen molar-refractivity contribution in [2.24, 2.45) is 0 Å². The van der Waals surface area contributed by atoms with E-state index < -0.39 is 0 Å². The highest BCUT2D eigenvalue weighted by atomic mass is 16.1. The molecular weight excluding hydrogens is 274 g/mol. The standard InChI is InChI=1S/C18H13N3O/c22-18-16-15(11-10-12-6-2-1-3-7-12)20-21-17(16)13-8-4-5-9-14(13)19-18/h1-11H,(H,19,22)(H,20,21)/b11-10+. The first-order valence-corrected chi connectivity index (χ1v) is 7.05. The molecule has 2 heterocycles. The maximum atomic E-state index is 12.3. The van der Waals surface area contributed by atoms with Gasteiger partial charge in [-0.3, -0.25) is 9.89 Å². The molecular formula is C18H13N3O. The molecule has 0 unspecified atom stereocenters. The third kappa shape index (κ3) is 2.02. The SMILES string of the molecule is O=c1[nH]c2ccccc2c2n[nH]c(/C=C/c3ccccc3)c12. The maximum absolute atomic E-state index is 12.3. The van der Waals surface area contributed by atoms with Crippen LogP contribution in [0.25, 0.3) is 34.0 Å². The van der Waals surface area contributed by atoms with Gasteiger partial charge >= 0.3 is 0 Å². The molecule has 0 radical (unpaired) electrons. The molecule has 0 aliphatic heterocycles. The quantitative estimate of drug-likeness (QED) is 0.592. The molecule has 4 aromatic rings. The van der Waals surface area contributed by atoms with Gasteiger partial charge in [0.15, 0.2) is 0 Å². The molecule has 4 heteroatoms. The Morgan fingerprint density at radius 1 is 0.909 bits per heavy atom. The van der Waals surface area contributed by atoms with Crippen LogP contribution in [0.3, 0.4) is 0 Å². The van der Waals surface area contributed by atoms with E-state index in [1.807, 2.05) is 66.7 Å². The van der Waals surface area contributed by atoms with Gasteiger partial charge in [-0.2, -0.15) is 5.10 Å². The van der Waals surface area contributed by atoms with Crippen molar-refractivity contribution in [3.63, 3.8) is 0 Å². The zero-order chi connectivity index (χ0) is 14.9. The fraction of sp³-hybridized carbons (Fsp3) is 0. The lowest BCUT2D eigenvalue weighted by Gasteiger charge is -1.98. The number of aromatic amines is 2. The molecule has 0 saturated heterocycles. The molecule has 4 nitrogen and oxygen atoms in total. The second kappa shape index (κ2) is 5.00. The number of nitrogens with one attached hydrogen (secondary N) is 2. The van der Waals surface area contributed by atoms with Crippen molar-refractivity contribution in [2.45, 2.75) is 0 Å². The molecule has 4 rings (SSSR count). The molecule has 0 atom stereocenters. The van der Waals surface area contributed by atoms with E-state index in [1.54, 1.807) is 0 Å². The summed E-state index contributed by atoms with van der Waals surface area (Å²) in [6.07, 6.45) is 3.84.